The Bertz CT molecular complexity index is 757. The number of para-hydroxylation sites is 1. The number of ether oxygens (including phenoxy) is 1. The molecule has 0 aliphatic carbocycles. The number of carbonyl (C=O) groups is 2. The smallest absolute Gasteiger partial charge is 0.256 e. The summed E-state index contributed by atoms with van der Waals surface area (Å²) >= 11 is 0. The van der Waals surface area contributed by atoms with E-state index in [1.54, 1.807) is 29.2 Å². The van der Waals surface area contributed by atoms with Crippen LogP contribution in [0.15, 0.2) is 24.3 Å². The lowest BCUT2D eigenvalue weighted by molar-refractivity contribution is -0.279. The Labute approximate surface area is 155 Å². The lowest BCUT2D eigenvalue weighted by Gasteiger charge is -2.40. The van der Waals surface area contributed by atoms with Gasteiger partial charge in [0.2, 0.25) is 5.91 Å². The highest BCUT2D eigenvalue weighted by Crippen LogP contribution is 2.33. The second-order valence-corrected chi connectivity index (χ2v) is 7.16. The molecule has 0 spiro atoms. The van der Waals surface area contributed by atoms with Crippen LogP contribution in [0, 0.1) is 0 Å². The number of aliphatic hydroxyl groups excluding tert-OH is 4. The van der Waals surface area contributed by atoms with Crippen molar-refractivity contribution >= 4 is 17.5 Å². The Morgan fingerprint density at radius 2 is 1.78 bits per heavy atom. The lowest BCUT2D eigenvalue weighted by Crippen LogP contribution is -2.61. The van der Waals surface area contributed by atoms with Crippen LogP contribution in [0.25, 0.3) is 0 Å². The minimum absolute atomic E-state index is 0.171. The number of benzene rings is 1. The maximum atomic E-state index is 13.2. The zero-order chi connectivity index (χ0) is 19.3. The van der Waals surface area contributed by atoms with E-state index in [1.165, 1.54) is 4.90 Å². The van der Waals surface area contributed by atoms with Gasteiger partial charge in [0.1, 0.15) is 30.5 Å². The van der Waals surface area contributed by atoms with E-state index in [4.69, 9.17) is 4.74 Å². The number of hydrogen-bond acceptors (Lipinski definition) is 7. The minimum atomic E-state index is -1.68. The van der Waals surface area contributed by atoms with Gasteiger partial charge in [-0.05, 0) is 25.0 Å². The molecule has 3 heterocycles. The van der Waals surface area contributed by atoms with Crippen LogP contribution in [0.3, 0.4) is 0 Å². The van der Waals surface area contributed by atoms with Gasteiger partial charge in [-0.2, -0.15) is 0 Å². The summed E-state index contributed by atoms with van der Waals surface area (Å²) in [7, 11) is 0. The molecule has 0 bridgehead atoms. The van der Waals surface area contributed by atoms with Gasteiger partial charge >= 0.3 is 0 Å². The fraction of sp³-hybridized carbons (Fsp3) is 0.556. The Morgan fingerprint density at radius 3 is 2.56 bits per heavy atom. The molecule has 0 aromatic heterocycles. The highest BCUT2D eigenvalue weighted by molar-refractivity contribution is 6.11. The van der Waals surface area contributed by atoms with Crippen LogP contribution in [-0.2, 0) is 9.53 Å². The van der Waals surface area contributed by atoms with E-state index in [-0.39, 0.29) is 18.4 Å². The van der Waals surface area contributed by atoms with Gasteiger partial charge in [-0.1, -0.05) is 12.1 Å². The number of rotatable bonds is 2. The van der Waals surface area contributed by atoms with Gasteiger partial charge in [0.25, 0.3) is 5.91 Å². The van der Waals surface area contributed by atoms with Crippen molar-refractivity contribution in [3.05, 3.63) is 29.8 Å². The standard InChI is InChI=1S/C18H22N2O7/c21-13-12(27-18(26)15(23)14(13)22)8-20-10-5-2-1-4-9(10)16(24)19-7-3-6-11(19)17(20)25/h1-2,4-5,11-15,18,21-23,26H,3,6-8H2/t11?,12-,13-,14+,15-,18?/m1/s1. The SMILES string of the molecule is O=C1C2CCCN2C(=O)c2ccccc2N1C[C@H]1OC(O)[C@H](O)[C@@H](O)[C@@H]1O. The predicted octanol–water partition coefficient (Wildman–Crippen LogP) is -1.56. The average Bonchev–Trinajstić information content (AvgIpc) is 3.14. The number of amides is 2. The summed E-state index contributed by atoms with van der Waals surface area (Å²) in [5.74, 6) is -0.513. The highest BCUT2D eigenvalue weighted by Gasteiger charge is 2.47. The minimum Gasteiger partial charge on any atom is -0.388 e. The maximum Gasteiger partial charge on any atom is 0.256 e. The van der Waals surface area contributed by atoms with E-state index >= 15 is 0 Å². The highest BCUT2D eigenvalue weighted by atomic mass is 16.6. The van der Waals surface area contributed by atoms with Gasteiger partial charge in [0.05, 0.1) is 17.8 Å². The number of fused-ring (bicyclic) bond motifs is 2. The van der Waals surface area contributed by atoms with E-state index in [1.807, 2.05) is 0 Å². The third-order valence-electron chi connectivity index (χ3n) is 5.54. The molecule has 4 N–H and O–H groups in total. The maximum absolute atomic E-state index is 13.2. The second kappa shape index (κ2) is 6.84. The third kappa shape index (κ3) is 2.91. The molecule has 146 valence electrons. The molecular formula is C18H22N2O7. The Kier molecular flexibility index (Phi) is 4.65. The molecule has 2 fully saturated rings. The molecular weight excluding hydrogens is 356 g/mol. The third-order valence-corrected chi connectivity index (χ3v) is 5.54. The summed E-state index contributed by atoms with van der Waals surface area (Å²) in [5, 5.41) is 39.6. The van der Waals surface area contributed by atoms with Crippen LogP contribution in [0.4, 0.5) is 5.69 Å². The quantitative estimate of drug-likeness (QED) is 0.489. The molecule has 0 saturated carbocycles. The molecule has 0 radical (unpaired) electrons. The number of carbonyl (C=O) groups excluding carboxylic acids is 2. The summed E-state index contributed by atoms with van der Waals surface area (Å²) in [6, 6.07) is 6.11. The molecule has 9 nitrogen and oxygen atoms in total. The summed E-state index contributed by atoms with van der Waals surface area (Å²) < 4.78 is 5.23. The van der Waals surface area contributed by atoms with Gasteiger partial charge in [-0.15, -0.1) is 0 Å². The molecule has 1 aromatic rings. The Hall–Kier alpha value is -2.04. The largest absolute Gasteiger partial charge is 0.388 e. The predicted molar refractivity (Wildman–Crippen MR) is 91.8 cm³/mol. The summed E-state index contributed by atoms with van der Waals surface area (Å²) in [4.78, 5) is 29.0. The summed E-state index contributed by atoms with van der Waals surface area (Å²) in [5.41, 5.74) is 0.773. The number of anilines is 1. The van der Waals surface area contributed by atoms with Crippen molar-refractivity contribution in [1.82, 2.24) is 4.90 Å². The number of nitrogens with zero attached hydrogens (tertiary/aromatic N) is 2. The van der Waals surface area contributed by atoms with E-state index in [2.05, 4.69) is 0 Å². The molecule has 1 aromatic carbocycles. The van der Waals surface area contributed by atoms with Crippen molar-refractivity contribution in [2.24, 2.45) is 0 Å². The summed E-state index contributed by atoms with van der Waals surface area (Å²) in [6.07, 6.45) is -6.29. The van der Waals surface area contributed by atoms with Crippen molar-refractivity contribution in [3.63, 3.8) is 0 Å². The van der Waals surface area contributed by atoms with E-state index < -0.39 is 36.7 Å². The molecule has 4 rings (SSSR count). The van der Waals surface area contributed by atoms with Crippen molar-refractivity contribution < 1.29 is 34.8 Å². The van der Waals surface area contributed by atoms with Crippen LogP contribution >= 0.6 is 0 Å². The van der Waals surface area contributed by atoms with Crippen LogP contribution < -0.4 is 4.90 Å². The number of aliphatic hydroxyl groups is 4. The first-order valence-corrected chi connectivity index (χ1v) is 8.99. The van der Waals surface area contributed by atoms with Crippen molar-refractivity contribution in [3.8, 4) is 0 Å². The zero-order valence-corrected chi connectivity index (χ0v) is 14.5. The second-order valence-electron chi connectivity index (χ2n) is 7.16. The first-order valence-electron chi connectivity index (χ1n) is 8.99. The molecule has 2 unspecified atom stereocenters. The van der Waals surface area contributed by atoms with Crippen molar-refractivity contribution in [1.29, 1.82) is 0 Å². The molecule has 3 aliphatic rings. The first kappa shape index (κ1) is 18.3. The van der Waals surface area contributed by atoms with Crippen molar-refractivity contribution in [2.75, 3.05) is 18.0 Å². The molecule has 3 aliphatic heterocycles. The van der Waals surface area contributed by atoms with Gasteiger partial charge in [0.15, 0.2) is 6.29 Å². The van der Waals surface area contributed by atoms with Crippen LogP contribution in [0.5, 0.6) is 0 Å². The fourth-order valence-electron chi connectivity index (χ4n) is 4.06. The Morgan fingerprint density at radius 1 is 1.04 bits per heavy atom. The topological polar surface area (TPSA) is 131 Å². The van der Waals surface area contributed by atoms with Crippen LogP contribution in [0.2, 0.25) is 0 Å². The molecule has 2 amide bonds. The average molecular weight is 378 g/mol. The van der Waals surface area contributed by atoms with Gasteiger partial charge < -0.3 is 35.0 Å². The van der Waals surface area contributed by atoms with Gasteiger partial charge in [0, 0.05) is 6.54 Å². The zero-order valence-electron chi connectivity index (χ0n) is 14.5. The Balaban J connectivity index is 1.69. The van der Waals surface area contributed by atoms with E-state index in [0.717, 1.165) is 6.42 Å². The van der Waals surface area contributed by atoms with Gasteiger partial charge in [-0.3, -0.25) is 9.59 Å². The fourth-order valence-corrected chi connectivity index (χ4v) is 4.06. The van der Waals surface area contributed by atoms with Gasteiger partial charge in [-0.25, -0.2) is 0 Å². The van der Waals surface area contributed by atoms with E-state index in [9.17, 15) is 30.0 Å². The normalized spacial score (nSPS) is 36.4. The van der Waals surface area contributed by atoms with E-state index in [0.29, 0.717) is 24.2 Å². The van der Waals surface area contributed by atoms with Crippen LogP contribution in [0.1, 0.15) is 23.2 Å². The first-order chi connectivity index (χ1) is 12.9. The molecule has 27 heavy (non-hydrogen) atoms. The molecule has 2 saturated heterocycles. The monoisotopic (exact) mass is 378 g/mol. The molecule has 9 heteroatoms. The van der Waals surface area contributed by atoms with Crippen molar-refractivity contribution in [2.45, 2.75) is 49.6 Å². The van der Waals surface area contributed by atoms with Crippen LogP contribution in [-0.4, -0.2) is 87.0 Å². The molecule has 6 atom stereocenters. The number of hydrogen-bond donors (Lipinski definition) is 4. The lowest BCUT2D eigenvalue weighted by atomic mass is 9.98. The summed E-state index contributed by atoms with van der Waals surface area (Å²) in [6.45, 7) is 0.332.